The third-order valence-electron chi connectivity index (χ3n) is 5.68. The van der Waals surface area contributed by atoms with Crippen molar-refractivity contribution in [1.29, 1.82) is 0 Å². The number of urea groups is 1. The highest BCUT2D eigenvalue weighted by Crippen LogP contribution is 2.39. The largest absolute Gasteiger partial charge is 0.493 e. The van der Waals surface area contributed by atoms with E-state index in [0.29, 0.717) is 57.4 Å². The number of rotatable bonds is 8. The molecule has 4 N–H and O–H groups in total. The number of hydrogen-bond donors (Lipinski definition) is 3. The van der Waals surface area contributed by atoms with Crippen molar-refractivity contribution < 1.29 is 23.5 Å². The molecule has 2 amide bonds. The van der Waals surface area contributed by atoms with Crippen LogP contribution in [0, 0.1) is 6.92 Å². The van der Waals surface area contributed by atoms with Gasteiger partial charge in [-0.25, -0.2) is 4.79 Å². The van der Waals surface area contributed by atoms with Gasteiger partial charge in [-0.3, -0.25) is 10.3 Å². The molecule has 5 rings (SSSR count). The first-order valence-electron chi connectivity index (χ1n) is 11.2. The van der Waals surface area contributed by atoms with E-state index in [-0.39, 0.29) is 5.54 Å². The molecule has 0 atom stereocenters. The van der Waals surface area contributed by atoms with Crippen LogP contribution < -0.4 is 30.6 Å². The summed E-state index contributed by atoms with van der Waals surface area (Å²) in [5.74, 6) is 3.03. The molecular formula is C25H24ClN5O5. The molecule has 0 radical (unpaired) electrons. The number of pyridine rings is 1. The minimum atomic E-state index is -0.508. The number of fused-ring (bicyclic) bond motifs is 1. The number of halogens is 1. The van der Waals surface area contributed by atoms with Crippen LogP contribution in [-0.4, -0.2) is 35.4 Å². The summed E-state index contributed by atoms with van der Waals surface area (Å²) in [6.45, 7) is 2.14. The number of ether oxygens (including phenoxy) is 3. The molecule has 36 heavy (non-hydrogen) atoms. The predicted molar refractivity (Wildman–Crippen MR) is 135 cm³/mol. The van der Waals surface area contributed by atoms with Gasteiger partial charge < -0.3 is 29.8 Å². The van der Waals surface area contributed by atoms with Crippen LogP contribution in [-0.2, 0) is 0 Å². The van der Waals surface area contributed by atoms with Gasteiger partial charge in [-0.15, -0.1) is 0 Å². The van der Waals surface area contributed by atoms with Gasteiger partial charge in [0.25, 0.3) is 0 Å². The topological polar surface area (TPSA) is 134 Å². The lowest BCUT2D eigenvalue weighted by atomic mass is 10.1. The highest BCUT2D eigenvalue weighted by molar-refractivity contribution is 6.34. The molecular weight excluding hydrogens is 486 g/mol. The predicted octanol–water partition coefficient (Wildman–Crippen LogP) is 5.50. The number of amides is 2. The van der Waals surface area contributed by atoms with E-state index in [9.17, 15) is 4.79 Å². The Labute approximate surface area is 211 Å². The number of nitrogens with two attached hydrogens (primary N) is 1. The summed E-state index contributed by atoms with van der Waals surface area (Å²) in [5.41, 5.74) is 6.97. The summed E-state index contributed by atoms with van der Waals surface area (Å²) in [6, 6.07) is 11.4. The van der Waals surface area contributed by atoms with Crippen molar-refractivity contribution in [2.75, 3.05) is 24.4 Å². The van der Waals surface area contributed by atoms with E-state index < -0.39 is 6.03 Å². The zero-order valence-corrected chi connectivity index (χ0v) is 20.4. The number of nitrogens with zero attached hydrogens (tertiary/aromatic N) is 2. The van der Waals surface area contributed by atoms with Crippen molar-refractivity contribution in [1.82, 2.24) is 10.1 Å². The lowest BCUT2D eigenvalue weighted by molar-refractivity contribution is 0.262. The van der Waals surface area contributed by atoms with Crippen LogP contribution in [0.1, 0.15) is 18.6 Å². The SMILES string of the molecule is COc1cc2c(Oc3ccc(NC(=O)Nc4cc(C)on4)c(Cl)c3)ccnc2cc1OCC1(N)CC1. The molecule has 11 heteroatoms. The van der Waals surface area contributed by atoms with E-state index in [4.69, 9.17) is 36.1 Å². The third kappa shape index (κ3) is 5.29. The summed E-state index contributed by atoms with van der Waals surface area (Å²) in [7, 11) is 1.58. The van der Waals surface area contributed by atoms with E-state index in [0.717, 1.165) is 18.2 Å². The third-order valence-corrected chi connectivity index (χ3v) is 5.99. The van der Waals surface area contributed by atoms with Gasteiger partial charge in [0, 0.05) is 29.8 Å². The van der Waals surface area contributed by atoms with Crippen molar-refractivity contribution in [2.24, 2.45) is 5.73 Å². The minimum Gasteiger partial charge on any atom is -0.493 e. The molecule has 0 aliphatic heterocycles. The Balaban J connectivity index is 1.32. The van der Waals surface area contributed by atoms with Gasteiger partial charge >= 0.3 is 6.03 Å². The maximum atomic E-state index is 12.2. The van der Waals surface area contributed by atoms with Crippen molar-refractivity contribution in [3.8, 4) is 23.0 Å². The molecule has 2 heterocycles. The quantitative estimate of drug-likeness (QED) is 0.283. The fourth-order valence-electron chi connectivity index (χ4n) is 3.50. The number of aromatic nitrogens is 2. The molecule has 1 fully saturated rings. The average molecular weight is 510 g/mol. The number of anilines is 2. The fourth-order valence-corrected chi connectivity index (χ4v) is 3.72. The highest BCUT2D eigenvalue weighted by atomic mass is 35.5. The standard InChI is InChI=1S/C25H24ClN5O5/c1-14-9-23(31-36-14)30-24(32)29-18-4-3-15(10-17(18)26)35-20-5-8-28-19-12-22(21(33-2)11-16(19)20)34-13-25(27)6-7-25/h3-5,8-12H,6-7,13,27H2,1-2H3,(H2,29,30,31,32). The molecule has 186 valence electrons. The number of carbonyl (C=O) groups excluding carboxylic acids is 1. The number of hydrogen-bond acceptors (Lipinski definition) is 8. The molecule has 4 aromatic rings. The first kappa shape index (κ1) is 23.7. The average Bonchev–Trinajstić information content (AvgIpc) is 3.46. The number of carbonyl (C=O) groups is 1. The number of benzene rings is 2. The maximum Gasteiger partial charge on any atom is 0.324 e. The van der Waals surface area contributed by atoms with Crippen LogP contribution in [0.2, 0.25) is 5.02 Å². The minimum absolute atomic E-state index is 0.255. The van der Waals surface area contributed by atoms with Gasteiger partial charge in [0.1, 0.15) is 23.9 Å². The zero-order chi connectivity index (χ0) is 25.3. The van der Waals surface area contributed by atoms with E-state index in [2.05, 4.69) is 20.8 Å². The summed E-state index contributed by atoms with van der Waals surface area (Å²) in [6.07, 6.45) is 3.54. The van der Waals surface area contributed by atoms with Crippen molar-refractivity contribution in [3.05, 3.63) is 59.4 Å². The Bertz CT molecular complexity index is 1440. The monoisotopic (exact) mass is 509 g/mol. The molecule has 2 aromatic heterocycles. The first-order chi connectivity index (χ1) is 17.3. The Morgan fingerprint density at radius 3 is 2.67 bits per heavy atom. The smallest absolute Gasteiger partial charge is 0.324 e. The number of nitrogens with one attached hydrogen (secondary N) is 2. The second-order valence-electron chi connectivity index (χ2n) is 8.63. The molecule has 1 saturated carbocycles. The molecule has 0 unspecified atom stereocenters. The molecule has 1 aliphatic rings. The van der Waals surface area contributed by atoms with Gasteiger partial charge in [-0.05, 0) is 44.0 Å². The summed E-state index contributed by atoms with van der Waals surface area (Å²) >= 11 is 6.39. The van der Waals surface area contributed by atoms with Crippen LogP contribution in [0.3, 0.4) is 0 Å². The van der Waals surface area contributed by atoms with Crippen molar-refractivity contribution in [3.63, 3.8) is 0 Å². The van der Waals surface area contributed by atoms with E-state index in [1.54, 1.807) is 50.6 Å². The van der Waals surface area contributed by atoms with Crippen LogP contribution >= 0.6 is 11.6 Å². The number of aryl methyl sites for hydroxylation is 1. The summed E-state index contributed by atoms with van der Waals surface area (Å²) < 4.78 is 22.5. The van der Waals surface area contributed by atoms with E-state index >= 15 is 0 Å². The Morgan fingerprint density at radius 1 is 1.14 bits per heavy atom. The second kappa shape index (κ2) is 9.56. The molecule has 0 saturated heterocycles. The van der Waals surface area contributed by atoms with Gasteiger partial charge in [-0.2, -0.15) is 0 Å². The molecule has 10 nitrogen and oxygen atoms in total. The van der Waals surface area contributed by atoms with Crippen LogP contribution in [0.4, 0.5) is 16.3 Å². The van der Waals surface area contributed by atoms with E-state index in [1.807, 2.05) is 12.1 Å². The maximum absolute atomic E-state index is 12.2. The second-order valence-corrected chi connectivity index (χ2v) is 9.03. The van der Waals surface area contributed by atoms with Crippen LogP contribution in [0.25, 0.3) is 10.9 Å². The normalized spacial score (nSPS) is 13.8. The first-order valence-corrected chi connectivity index (χ1v) is 11.6. The van der Waals surface area contributed by atoms with Crippen molar-refractivity contribution in [2.45, 2.75) is 25.3 Å². The lowest BCUT2D eigenvalue weighted by Crippen LogP contribution is -2.29. The van der Waals surface area contributed by atoms with Crippen molar-refractivity contribution >= 4 is 40.0 Å². The highest BCUT2D eigenvalue weighted by Gasteiger charge is 2.39. The Kier molecular flexibility index (Phi) is 6.29. The van der Waals surface area contributed by atoms with Gasteiger partial charge in [0.2, 0.25) is 0 Å². The van der Waals surface area contributed by atoms with E-state index in [1.165, 1.54) is 0 Å². The van der Waals surface area contributed by atoms with Gasteiger partial charge in [-0.1, -0.05) is 16.8 Å². The zero-order valence-electron chi connectivity index (χ0n) is 19.6. The van der Waals surface area contributed by atoms with Gasteiger partial charge in [0.15, 0.2) is 17.3 Å². The van der Waals surface area contributed by atoms with Crippen LogP contribution in [0.15, 0.2) is 53.2 Å². The lowest BCUT2D eigenvalue weighted by Gasteiger charge is -2.16. The molecule has 1 aliphatic carbocycles. The Morgan fingerprint density at radius 2 is 1.97 bits per heavy atom. The molecule has 2 aromatic carbocycles. The van der Waals surface area contributed by atoms with Gasteiger partial charge in [0.05, 0.1) is 28.9 Å². The fraction of sp³-hybridized carbons (Fsp3) is 0.240. The molecule has 0 bridgehead atoms. The van der Waals surface area contributed by atoms with Crippen LogP contribution in [0.5, 0.6) is 23.0 Å². The summed E-state index contributed by atoms with van der Waals surface area (Å²) in [4.78, 5) is 16.7. The molecule has 0 spiro atoms. The Hall–Kier alpha value is -4.02. The summed E-state index contributed by atoms with van der Waals surface area (Å²) in [5, 5.41) is 9.98. The number of methoxy groups -OCH3 is 1.